The number of H-pyrrole nitrogens is 1. The van der Waals surface area contributed by atoms with Gasteiger partial charge in [-0.3, -0.25) is 14.7 Å². The Bertz CT molecular complexity index is 1050. The molecule has 4 rings (SSSR count). The molecule has 0 saturated carbocycles. The molecule has 160 valence electrons. The first-order chi connectivity index (χ1) is 15.0. The van der Waals surface area contributed by atoms with Crippen LogP contribution >= 0.6 is 0 Å². The average Bonchev–Trinajstić information content (AvgIpc) is 3.39. The molecule has 3 N–H and O–H groups in total. The maximum atomic E-state index is 13.2. The number of aromatic amines is 1. The maximum Gasteiger partial charge on any atom is 0.220 e. The van der Waals surface area contributed by atoms with Gasteiger partial charge in [-0.1, -0.05) is 30.3 Å². The summed E-state index contributed by atoms with van der Waals surface area (Å²) in [5, 5.41) is 13.0. The van der Waals surface area contributed by atoms with E-state index in [1.807, 2.05) is 30.3 Å². The SMILES string of the molecule is O=C(CC[C@]1(Cc2ccccc2)CCC(=O)N1)NCc1cn[nH]c1-c1ccc(F)cc1. The predicted octanol–water partition coefficient (Wildman–Crippen LogP) is 3.50. The maximum absolute atomic E-state index is 13.2. The van der Waals surface area contributed by atoms with Crippen molar-refractivity contribution in [2.24, 2.45) is 0 Å². The van der Waals surface area contributed by atoms with E-state index in [4.69, 9.17) is 0 Å². The summed E-state index contributed by atoms with van der Waals surface area (Å²) in [6.07, 6.45) is 4.48. The normalized spacial score (nSPS) is 18.0. The van der Waals surface area contributed by atoms with E-state index in [-0.39, 0.29) is 23.2 Å². The standard InChI is InChI=1S/C24H25FN4O2/c25-20-8-6-18(7-9-20)23-19(16-27-29-23)15-26-21(30)10-12-24(13-11-22(31)28-24)14-17-4-2-1-3-5-17/h1-9,16H,10-15H2,(H,26,30)(H,27,29)(H,28,31)/t24-/m1/s1. The fraction of sp³-hybridized carbons (Fsp3) is 0.292. The molecule has 31 heavy (non-hydrogen) atoms. The Balaban J connectivity index is 1.35. The molecule has 1 atom stereocenters. The average molecular weight is 420 g/mol. The van der Waals surface area contributed by atoms with Crippen molar-refractivity contribution in [2.75, 3.05) is 0 Å². The molecule has 1 aromatic heterocycles. The van der Waals surface area contributed by atoms with E-state index in [0.717, 1.165) is 28.8 Å². The molecule has 2 amide bonds. The number of carbonyl (C=O) groups is 2. The third kappa shape index (κ3) is 5.17. The number of halogens is 1. The van der Waals surface area contributed by atoms with Gasteiger partial charge >= 0.3 is 0 Å². The zero-order valence-electron chi connectivity index (χ0n) is 17.2. The number of benzene rings is 2. The number of carbonyl (C=O) groups excluding carboxylic acids is 2. The van der Waals surface area contributed by atoms with Gasteiger partial charge in [-0.25, -0.2) is 4.39 Å². The van der Waals surface area contributed by atoms with Gasteiger partial charge in [0.25, 0.3) is 0 Å². The van der Waals surface area contributed by atoms with Gasteiger partial charge in [0.2, 0.25) is 11.8 Å². The number of hydrogen-bond donors (Lipinski definition) is 3. The number of amides is 2. The zero-order valence-corrected chi connectivity index (χ0v) is 17.2. The summed E-state index contributed by atoms with van der Waals surface area (Å²) in [6.45, 7) is 0.320. The van der Waals surface area contributed by atoms with Crippen molar-refractivity contribution in [1.29, 1.82) is 0 Å². The van der Waals surface area contributed by atoms with E-state index in [9.17, 15) is 14.0 Å². The molecule has 0 radical (unpaired) electrons. The quantitative estimate of drug-likeness (QED) is 0.521. The highest BCUT2D eigenvalue weighted by Gasteiger charge is 2.37. The monoisotopic (exact) mass is 420 g/mol. The molecule has 1 aliphatic heterocycles. The van der Waals surface area contributed by atoms with E-state index >= 15 is 0 Å². The lowest BCUT2D eigenvalue weighted by Crippen LogP contribution is -2.44. The summed E-state index contributed by atoms with van der Waals surface area (Å²) >= 11 is 0. The molecule has 7 heteroatoms. The zero-order chi connectivity index (χ0) is 21.7. The molecule has 1 saturated heterocycles. The number of hydrogen-bond acceptors (Lipinski definition) is 3. The fourth-order valence-electron chi connectivity index (χ4n) is 4.12. The van der Waals surface area contributed by atoms with Crippen LogP contribution in [0.5, 0.6) is 0 Å². The molecule has 1 aliphatic rings. The van der Waals surface area contributed by atoms with Crippen LogP contribution in [0.3, 0.4) is 0 Å². The highest BCUT2D eigenvalue weighted by molar-refractivity contribution is 5.80. The second kappa shape index (κ2) is 9.12. The molecule has 0 aliphatic carbocycles. The third-order valence-corrected chi connectivity index (χ3v) is 5.78. The van der Waals surface area contributed by atoms with Gasteiger partial charge in [0.05, 0.1) is 11.9 Å². The summed E-state index contributed by atoms with van der Waals surface area (Å²) in [6, 6.07) is 16.1. The van der Waals surface area contributed by atoms with Crippen molar-refractivity contribution in [3.63, 3.8) is 0 Å². The molecule has 6 nitrogen and oxygen atoms in total. The van der Waals surface area contributed by atoms with Crippen LogP contribution in [0.1, 0.15) is 36.8 Å². The third-order valence-electron chi connectivity index (χ3n) is 5.78. The highest BCUT2D eigenvalue weighted by Crippen LogP contribution is 2.29. The Morgan fingerprint density at radius 3 is 2.61 bits per heavy atom. The predicted molar refractivity (Wildman–Crippen MR) is 115 cm³/mol. The Hall–Kier alpha value is -3.48. The molecular weight excluding hydrogens is 395 g/mol. The molecule has 0 bridgehead atoms. The first-order valence-corrected chi connectivity index (χ1v) is 10.4. The van der Waals surface area contributed by atoms with Gasteiger partial charge in [0, 0.05) is 36.1 Å². The number of rotatable bonds is 8. The molecule has 0 spiro atoms. The van der Waals surface area contributed by atoms with Crippen LogP contribution in [0, 0.1) is 5.82 Å². The fourth-order valence-corrected chi connectivity index (χ4v) is 4.12. The lowest BCUT2D eigenvalue weighted by Gasteiger charge is -2.29. The van der Waals surface area contributed by atoms with Gasteiger partial charge in [-0.15, -0.1) is 0 Å². The Kier molecular flexibility index (Phi) is 6.11. The molecule has 2 aromatic carbocycles. The van der Waals surface area contributed by atoms with Crippen molar-refractivity contribution in [1.82, 2.24) is 20.8 Å². The minimum Gasteiger partial charge on any atom is -0.352 e. The topological polar surface area (TPSA) is 86.9 Å². The second-order valence-corrected chi connectivity index (χ2v) is 8.04. The van der Waals surface area contributed by atoms with Gasteiger partial charge in [0.15, 0.2) is 0 Å². The van der Waals surface area contributed by atoms with Gasteiger partial charge in [0.1, 0.15) is 5.82 Å². The van der Waals surface area contributed by atoms with E-state index < -0.39 is 0 Å². The Morgan fingerprint density at radius 2 is 1.90 bits per heavy atom. The summed E-state index contributed by atoms with van der Waals surface area (Å²) in [4.78, 5) is 24.5. The van der Waals surface area contributed by atoms with Crippen LogP contribution in [0.2, 0.25) is 0 Å². The lowest BCUT2D eigenvalue weighted by molar-refractivity contribution is -0.122. The number of nitrogens with zero attached hydrogens (tertiary/aromatic N) is 1. The number of aromatic nitrogens is 2. The van der Waals surface area contributed by atoms with Crippen molar-refractivity contribution in [2.45, 2.75) is 44.2 Å². The first kappa shape index (κ1) is 20.8. The van der Waals surface area contributed by atoms with E-state index in [0.29, 0.717) is 32.2 Å². The minimum absolute atomic E-state index is 0.0404. The Morgan fingerprint density at radius 1 is 1.13 bits per heavy atom. The summed E-state index contributed by atoms with van der Waals surface area (Å²) in [7, 11) is 0. The van der Waals surface area contributed by atoms with Gasteiger partial charge < -0.3 is 10.6 Å². The van der Waals surface area contributed by atoms with Crippen LogP contribution in [-0.4, -0.2) is 27.6 Å². The van der Waals surface area contributed by atoms with E-state index in [1.54, 1.807) is 18.3 Å². The molecule has 2 heterocycles. The van der Waals surface area contributed by atoms with Crippen LogP contribution in [-0.2, 0) is 22.6 Å². The largest absolute Gasteiger partial charge is 0.352 e. The summed E-state index contributed by atoms with van der Waals surface area (Å²) in [5.41, 5.74) is 3.15. The van der Waals surface area contributed by atoms with E-state index in [1.165, 1.54) is 12.1 Å². The van der Waals surface area contributed by atoms with Crippen molar-refractivity contribution < 1.29 is 14.0 Å². The minimum atomic E-state index is -0.384. The van der Waals surface area contributed by atoms with Crippen molar-refractivity contribution >= 4 is 11.8 Å². The van der Waals surface area contributed by atoms with Gasteiger partial charge in [-0.05, 0) is 49.1 Å². The summed E-state index contributed by atoms with van der Waals surface area (Å²) < 4.78 is 13.2. The van der Waals surface area contributed by atoms with Crippen LogP contribution < -0.4 is 10.6 Å². The smallest absolute Gasteiger partial charge is 0.220 e. The molecule has 1 fully saturated rings. The lowest BCUT2D eigenvalue weighted by atomic mass is 9.85. The Labute approximate surface area is 180 Å². The number of nitrogens with one attached hydrogen (secondary N) is 3. The van der Waals surface area contributed by atoms with Crippen LogP contribution in [0.4, 0.5) is 4.39 Å². The van der Waals surface area contributed by atoms with Gasteiger partial charge in [-0.2, -0.15) is 5.10 Å². The van der Waals surface area contributed by atoms with Crippen LogP contribution in [0.15, 0.2) is 60.8 Å². The first-order valence-electron chi connectivity index (χ1n) is 10.4. The molecule has 3 aromatic rings. The summed E-state index contributed by atoms with van der Waals surface area (Å²) in [5.74, 6) is -0.347. The van der Waals surface area contributed by atoms with Crippen molar-refractivity contribution in [3.05, 3.63) is 77.7 Å². The van der Waals surface area contributed by atoms with Crippen molar-refractivity contribution in [3.8, 4) is 11.3 Å². The van der Waals surface area contributed by atoms with Crippen LogP contribution in [0.25, 0.3) is 11.3 Å². The van der Waals surface area contributed by atoms with E-state index in [2.05, 4.69) is 20.8 Å². The highest BCUT2D eigenvalue weighted by atomic mass is 19.1. The second-order valence-electron chi connectivity index (χ2n) is 8.04. The molecular formula is C24H25FN4O2. The molecule has 0 unspecified atom stereocenters.